The van der Waals surface area contributed by atoms with Gasteiger partial charge in [0.25, 0.3) is 0 Å². The quantitative estimate of drug-likeness (QED) is 0.914. The molecule has 1 N–H and O–H groups in total. The normalized spacial score (nSPS) is 21.0. The number of nitrogens with one attached hydrogen (secondary N) is 1. The predicted octanol–water partition coefficient (Wildman–Crippen LogP) is 3.03. The van der Waals surface area contributed by atoms with Gasteiger partial charge in [-0.2, -0.15) is 5.10 Å². The zero-order valence-corrected chi connectivity index (χ0v) is 14.7. The van der Waals surface area contributed by atoms with Gasteiger partial charge in [-0.25, -0.2) is 0 Å². The van der Waals surface area contributed by atoms with Crippen LogP contribution in [0.3, 0.4) is 0 Å². The molecule has 1 saturated carbocycles. The second kappa shape index (κ2) is 7.20. The number of rotatable bonds is 5. The SMILES string of the molecule is Cc1cnn(C2CCC(NC(=O)CCc3c(C)noc3C)CC2)c1. The Morgan fingerprint density at radius 2 is 2.04 bits per heavy atom. The molecular weight excluding hydrogens is 304 g/mol. The Kier molecular flexibility index (Phi) is 5.02. The molecule has 24 heavy (non-hydrogen) atoms. The lowest BCUT2D eigenvalue weighted by molar-refractivity contribution is -0.122. The first-order chi connectivity index (χ1) is 11.5. The van der Waals surface area contributed by atoms with Gasteiger partial charge in [-0.15, -0.1) is 0 Å². The average molecular weight is 330 g/mol. The topological polar surface area (TPSA) is 73.0 Å². The van der Waals surface area contributed by atoms with Crippen molar-refractivity contribution in [3.05, 3.63) is 35.0 Å². The summed E-state index contributed by atoms with van der Waals surface area (Å²) in [6.07, 6.45) is 9.35. The van der Waals surface area contributed by atoms with Gasteiger partial charge in [0, 0.05) is 24.2 Å². The minimum absolute atomic E-state index is 0.119. The summed E-state index contributed by atoms with van der Waals surface area (Å²) >= 11 is 0. The Bertz CT molecular complexity index is 676. The van der Waals surface area contributed by atoms with Crippen molar-refractivity contribution in [3.63, 3.8) is 0 Å². The molecule has 0 atom stereocenters. The molecule has 0 spiro atoms. The zero-order chi connectivity index (χ0) is 17.1. The highest BCUT2D eigenvalue weighted by Crippen LogP contribution is 2.28. The van der Waals surface area contributed by atoms with E-state index in [2.05, 4.69) is 33.4 Å². The number of hydrogen-bond acceptors (Lipinski definition) is 4. The Morgan fingerprint density at radius 1 is 1.29 bits per heavy atom. The van der Waals surface area contributed by atoms with Crippen LogP contribution in [0.1, 0.15) is 60.7 Å². The minimum atomic E-state index is 0.119. The van der Waals surface area contributed by atoms with Crippen LogP contribution >= 0.6 is 0 Å². The smallest absolute Gasteiger partial charge is 0.220 e. The molecule has 6 nitrogen and oxygen atoms in total. The van der Waals surface area contributed by atoms with Crippen LogP contribution in [0, 0.1) is 20.8 Å². The van der Waals surface area contributed by atoms with Crippen LogP contribution in [0.15, 0.2) is 16.9 Å². The molecule has 0 aliphatic heterocycles. The van der Waals surface area contributed by atoms with E-state index in [1.807, 2.05) is 20.0 Å². The molecule has 1 fully saturated rings. The summed E-state index contributed by atoms with van der Waals surface area (Å²) in [5.41, 5.74) is 3.14. The van der Waals surface area contributed by atoms with E-state index in [0.29, 0.717) is 18.9 Å². The van der Waals surface area contributed by atoms with Gasteiger partial charge in [0.15, 0.2) is 0 Å². The first-order valence-electron chi connectivity index (χ1n) is 8.75. The maximum atomic E-state index is 12.2. The first-order valence-corrected chi connectivity index (χ1v) is 8.75. The highest BCUT2D eigenvalue weighted by atomic mass is 16.5. The lowest BCUT2D eigenvalue weighted by atomic mass is 9.91. The first kappa shape index (κ1) is 16.7. The van der Waals surface area contributed by atoms with Gasteiger partial charge < -0.3 is 9.84 Å². The molecule has 1 aliphatic carbocycles. The van der Waals surface area contributed by atoms with Crippen LogP contribution in [0.5, 0.6) is 0 Å². The number of carbonyl (C=O) groups excluding carboxylic acids is 1. The number of carbonyl (C=O) groups is 1. The summed E-state index contributed by atoms with van der Waals surface area (Å²) in [7, 11) is 0. The molecule has 0 aromatic carbocycles. The molecule has 0 saturated heterocycles. The summed E-state index contributed by atoms with van der Waals surface area (Å²) in [5.74, 6) is 0.934. The fraction of sp³-hybridized carbons (Fsp3) is 0.611. The molecule has 1 aliphatic rings. The Hall–Kier alpha value is -2.11. The number of amides is 1. The van der Waals surface area contributed by atoms with E-state index in [9.17, 15) is 4.79 Å². The fourth-order valence-electron chi connectivity index (χ4n) is 3.51. The number of hydrogen-bond donors (Lipinski definition) is 1. The minimum Gasteiger partial charge on any atom is -0.361 e. The number of aromatic nitrogens is 3. The summed E-state index contributed by atoms with van der Waals surface area (Å²) in [4.78, 5) is 12.2. The molecule has 3 rings (SSSR count). The molecule has 2 aromatic heterocycles. The Morgan fingerprint density at radius 3 is 2.62 bits per heavy atom. The molecule has 2 heterocycles. The standard InChI is InChI=1S/C18H26N4O2/c1-12-10-19-22(11-12)16-6-4-15(5-7-16)20-18(23)9-8-17-13(2)21-24-14(17)3/h10-11,15-16H,4-9H2,1-3H3,(H,20,23). The predicted molar refractivity (Wildman–Crippen MR) is 90.7 cm³/mol. The lowest BCUT2D eigenvalue weighted by Gasteiger charge is -2.29. The fourth-order valence-corrected chi connectivity index (χ4v) is 3.51. The van der Waals surface area contributed by atoms with E-state index in [0.717, 1.165) is 42.7 Å². The van der Waals surface area contributed by atoms with Crippen LogP contribution in [0.25, 0.3) is 0 Å². The van der Waals surface area contributed by atoms with Crippen LogP contribution < -0.4 is 5.32 Å². The molecule has 1 amide bonds. The van der Waals surface area contributed by atoms with Gasteiger partial charge in [-0.1, -0.05) is 5.16 Å². The molecular formula is C18H26N4O2. The highest BCUT2D eigenvalue weighted by Gasteiger charge is 2.24. The third-order valence-corrected chi connectivity index (χ3v) is 4.95. The van der Waals surface area contributed by atoms with Gasteiger partial charge in [0.2, 0.25) is 5.91 Å². The van der Waals surface area contributed by atoms with Crippen LogP contribution in [0.2, 0.25) is 0 Å². The third-order valence-electron chi connectivity index (χ3n) is 4.95. The second-order valence-corrected chi connectivity index (χ2v) is 6.87. The molecule has 130 valence electrons. The Labute approximate surface area is 142 Å². The summed E-state index contributed by atoms with van der Waals surface area (Å²) in [6, 6.07) is 0.754. The summed E-state index contributed by atoms with van der Waals surface area (Å²) in [6.45, 7) is 5.88. The van der Waals surface area contributed by atoms with Gasteiger partial charge in [-0.05, 0) is 58.4 Å². The zero-order valence-electron chi connectivity index (χ0n) is 14.7. The molecule has 6 heteroatoms. The van der Waals surface area contributed by atoms with Crippen LogP contribution in [0.4, 0.5) is 0 Å². The molecule has 0 unspecified atom stereocenters. The average Bonchev–Trinajstić information content (AvgIpc) is 3.13. The summed E-state index contributed by atoms with van der Waals surface area (Å²) < 4.78 is 7.22. The van der Waals surface area contributed by atoms with Crippen molar-refractivity contribution < 1.29 is 9.32 Å². The highest BCUT2D eigenvalue weighted by molar-refractivity contribution is 5.76. The summed E-state index contributed by atoms with van der Waals surface area (Å²) in [5, 5.41) is 11.5. The van der Waals surface area contributed by atoms with Crippen molar-refractivity contribution in [1.82, 2.24) is 20.3 Å². The molecule has 2 aromatic rings. The van der Waals surface area contributed by atoms with Crippen LogP contribution in [-0.4, -0.2) is 26.9 Å². The van der Waals surface area contributed by atoms with E-state index in [1.54, 1.807) is 0 Å². The molecule has 0 bridgehead atoms. The number of aryl methyl sites for hydroxylation is 3. The monoisotopic (exact) mass is 330 g/mol. The molecule has 0 radical (unpaired) electrons. The maximum Gasteiger partial charge on any atom is 0.220 e. The van der Waals surface area contributed by atoms with Gasteiger partial charge >= 0.3 is 0 Å². The van der Waals surface area contributed by atoms with Crippen molar-refractivity contribution in [1.29, 1.82) is 0 Å². The van der Waals surface area contributed by atoms with E-state index in [1.165, 1.54) is 5.56 Å². The number of nitrogens with zero attached hydrogens (tertiary/aromatic N) is 3. The maximum absolute atomic E-state index is 12.2. The van der Waals surface area contributed by atoms with Crippen molar-refractivity contribution >= 4 is 5.91 Å². The van der Waals surface area contributed by atoms with E-state index in [4.69, 9.17) is 4.52 Å². The van der Waals surface area contributed by atoms with E-state index in [-0.39, 0.29) is 11.9 Å². The van der Waals surface area contributed by atoms with Crippen molar-refractivity contribution in [2.45, 2.75) is 71.4 Å². The third kappa shape index (κ3) is 3.86. The second-order valence-electron chi connectivity index (χ2n) is 6.87. The van der Waals surface area contributed by atoms with Crippen molar-refractivity contribution in [2.24, 2.45) is 0 Å². The van der Waals surface area contributed by atoms with Gasteiger partial charge in [0.05, 0.1) is 17.9 Å². The van der Waals surface area contributed by atoms with Gasteiger partial charge in [-0.3, -0.25) is 9.48 Å². The van der Waals surface area contributed by atoms with Crippen molar-refractivity contribution in [2.75, 3.05) is 0 Å². The Balaban J connectivity index is 1.43. The lowest BCUT2D eigenvalue weighted by Crippen LogP contribution is -2.38. The largest absolute Gasteiger partial charge is 0.361 e. The van der Waals surface area contributed by atoms with Gasteiger partial charge in [0.1, 0.15) is 5.76 Å². The van der Waals surface area contributed by atoms with Crippen molar-refractivity contribution in [3.8, 4) is 0 Å². The van der Waals surface area contributed by atoms with Crippen LogP contribution in [-0.2, 0) is 11.2 Å². The van der Waals surface area contributed by atoms with E-state index >= 15 is 0 Å². The van der Waals surface area contributed by atoms with E-state index < -0.39 is 0 Å².